The van der Waals surface area contributed by atoms with Gasteiger partial charge in [-0.15, -0.1) is 0 Å². The van der Waals surface area contributed by atoms with E-state index in [-0.39, 0.29) is 6.42 Å². The van der Waals surface area contributed by atoms with Crippen molar-refractivity contribution in [2.45, 2.75) is 19.4 Å². The van der Waals surface area contributed by atoms with Crippen LogP contribution in [0.2, 0.25) is 0 Å². The van der Waals surface area contributed by atoms with E-state index in [1.165, 1.54) is 0 Å². The van der Waals surface area contributed by atoms with E-state index in [4.69, 9.17) is 5.11 Å². The van der Waals surface area contributed by atoms with Crippen LogP contribution in [0.1, 0.15) is 12.8 Å². The molecule has 1 heterocycles. The predicted octanol–water partition coefficient (Wildman–Crippen LogP) is 1.35. The number of carboxylic acid groups (broad SMARTS) is 1. The highest BCUT2D eigenvalue weighted by Gasteiger charge is 1.97. The van der Waals surface area contributed by atoms with Crippen LogP contribution in [0.4, 0.5) is 0 Å². The Labute approximate surface area is 83.7 Å². The lowest BCUT2D eigenvalue weighted by Crippen LogP contribution is -1.99. The molecule has 0 spiro atoms. The molecule has 0 fully saturated rings. The van der Waals surface area contributed by atoms with Gasteiger partial charge in [-0.1, -0.05) is 0 Å². The number of rotatable bonds is 4. The predicted molar refractivity (Wildman–Crippen MR) is 51.8 cm³/mol. The molecule has 0 aliphatic carbocycles. The molecule has 5 heteroatoms. The summed E-state index contributed by atoms with van der Waals surface area (Å²) in [5.41, 5.74) is 0. The monoisotopic (exact) mass is 280 g/mol. The fourth-order valence-electron chi connectivity index (χ4n) is 0.868. The van der Waals surface area contributed by atoms with E-state index in [0.29, 0.717) is 6.42 Å². The minimum atomic E-state index is -0.746. The summed E-state index contributed by atoms with van der Waals surface area (Å²) in [5, 5.41) is 8.37. The molecular weight excluding hydrogens is 271 g/mol. The Hall–Kier alpha value is -0.590. The van der Waals surface area contributed by atoms with Gasteiger partial charge in [0.15, 0.2) is 0 Å². The highest BCUT2D eigenvalue weighted by atomic mass is 127. The van der Waals surface area contributed by atoms with Gasteiger partial charge in [-0.05, 0) is 29.0 Å². The van der Waals surface area contributed by atoms with E-state index in [1.54, 1.807) is 6.33 Å². The molecule has 66 valence electrons. The van der Waals surface area contributed by atoms with Gasteiger partial charge in [0.1, 0.15) is 3.70 Å². The number of aromatic nitrogens is 2. The number of imidazole rings is 1. The molecule has 0 amide bonds. The fourth-order valence-corrected chi connectivity index (χ4v) is 1.35. The van der Waals surface area contributed by atoms with Gasteiger partial charge in [0, 0.05) is 19.2 Å². The molecule has 0 radical (unpaired) electrons. The Bertz CT molecular complexity index is 272. The van der Waals surface area contributed by atoms with Gasteiger partial charge in [-0.2, -0.15) is 0 Å². The molecule has 0 bridgehead atoms. The first-order chi connectivity index (χ1) is 5.68. The van der Waals surface area contributed by atoms with Crippen LogP contribution < -0.4 is 0 Å². The van der Waals surface area contributed by atoms with E-state index >= 15 is 0 Å². The number of nitrogens with zero attached hydrogens (tertiary/aromatic N) is 2. The quantitative estimate of drug-likeness (QED) is 0.847. The first-order valence-electron chi connectivity index (χ1n) is 3.57. The van der Waals surface area contributed by atoms with Gasteiger partial charge in [0.25, 0.3) is 0 Å². The molecule has 0 aliphatic rings. The standard InChI is InChI=1S/C7H9IN2O2/c8-6-4-10(5-9-6)3-1-2-7(11)12/h4-5H,1-3H2,(H,11,12). The third-order valence-electron chi connectivity index (χ3n) is 1.41. The second-order valence-electron chi connectivity index (χ2n) is 2.43. The molecule has 1 rings (SSSR count). The number of halogens is 1. The molecule has 12 heavy (non-hydrogen) atoms. The van der Waals surface area contributed by atoms with Gasteiger partial charge in [0.2, 0.25) is 0 Å². The van der Waals surface area contributed by atoms with Gasteiger partial charge < -0.3 is 9.67 Å². The lowest BCUT2D eigenvalue weighted by atomic mass is 10.3. The van der Waals surface area contributed by atoms with Gasteiger partial charge >= 0.3 is 5.97 Å². The summed E-state index contributed by atoms with van der Waals surface area (Å²) in [6, 6.07) is 0. The molecule has 1 N–H and O–H groups in total. The SMILES string of the molecule is O=C(O)CCCn1cnc(I)c1. The van der Waals surface area contributed by atoms with Gasteiger partial charge in [-0.3, -0.25) is 4.79 Å². The number of carbonyl (C=O) groups is 1. The number of hydrogen-bond donors (Lipinski definition) is 1. The van der Waals surface area contributed by atoms with E-state index in [9.17, 15) is 4.79 Å². The Kier molecular flexibility index (Phi) is 3.51. The second kappa shape index (κ2) is 4.44. The highest BCUT2D eigenvalue weighted by molar-refractivity contribution is 14.1. The van der Waals surface area contributed by atoms with Crippen LogP contribution in [0.5, 0.6) is 0 Å². The summed E-state index contributed by atoms with van der Waals surface area (Å²) in [5.74, 6) is -0.746. The number of aliphatic carboxylic acids is 1. The van der Waals surface area contributed by atoms with Crippen LogP contribution in [0, 0.1) is 3.70 Å². The number of hydrogen-bond acceptors (Lipinski definition) is 2. The smallest absolute Gasteiger partial charge is 0.303 e. The van der Waals surface area contributed by atoms with Crippen LogP contribution in [0.25, 0.3) is 0 Å². The van der Waals surface area contributed by atoms with Crippen molar-refractivity contribution in [3.05, 3.63) is 16.2 Å². The molecule has 0 aliphatic heterocycles. The van der Waals surface area contributed by atoms with Crippen molar-refractivity contribution in [3.8, 4) is 0 Å². The van der Waals surface area contributed by atoms with Crippen LogP contribution in [-0.4, -0.2) is 20.6 Å². The Morgan fingerprint density at radius 2 is 2.50 bits per heavy atom. The number of carboxylic acids is 1. The molecule has 0 unspecified atom stereocenters. The minimum absolute atomic E-state index is 0.217. The third kappa shape index (κ3) is 3.21. The zero-order valence-electron chi connectivity index (χ0n) is 6.40. The minimum Gasteiger partial charge on any atom is -0.481 e. The van der Waals surface area contributed by atoms with Crippen LogP contribution in [-0.2, 0) is 11.3 Å². The Morgan fingerprint density at radius 3 is 3.00 bits per heavy atom. The first-order valence-corrected chi connectivity index (χ1v) is 4.65. The van der Waals surface area contributed by atoms with Crippen molar-refractivity contribution in [2.24, 2.45) is 0 Å². The lowest BCUT2D eigenvalue weighted by molar-refractivity contribution is -0.137. The fraction of sp³-hybridized carbons (Fsp3) is 0.429. The summed E-state index contributed by atoms with van der Waals surface area (Å²) >= 11 is 2.12. The van der Waals surface area contributed by atoms with Crippen LogP contribution in [0.3, 0.4) is 0 Å². The topological polar surface area (TPSA) is 55.1 Å². The van der Waals surface area contributed by atoms with Crippen LogP contribution in [0.15, 0.2) is 12.5 Å². The molecule has 1 aromatic heterocycles. The van der Waals surface area contributed by atoms with Crippen molar-refractivity contribution in [2.75, 3.05) is 0 Å². The number of aryl methyl sites for hydroxylation is 1. The zero-order valence-corrected chi connectivity index (χ0v) is 8.56. The zero-order chi connectivity index (χ0) is 8.97. The van der Waals surface area contributed by atoms with Crippen molar-refractivity contribution in [1.82, 2.24) is 9.55 Å². The average molecular weight is 280 g/mol. The van der Waals surface area contributed by atoms with Crippen LogP contribution >= 0.6 is 22.6 Å². The molecule has 0 atom stereocenters. The first kappa shape index (κ1) is 9.50. The summed E-state index contributed by atoms with van der Waals surface area (Å²) in [4.78, 5) is 14.2. The summed E-state index contributed by atoms with van der Waals surface area (Å²) in [6.07, 6.45) is 4.47. The molecular formula is C7H9IN2O2. The van der Waals surface area contributed by atoms with E-state index in [0.717, 1.165) is 10.2 Å². The summed E-state index contributed by atoms with van der Waals surface area (Å²) < 4.78 is 2.83. The molecule has 0 aromatic carbocycles. The van der Waals surface area contributed by atoms with E-state index in [2.05, 4.69) is 27.6 Å². The second-order valence-corrected chi connectivity index (χ2v) is 3.54. The van der Waals surface area contributed by atoms with Gasteiger partial charge in [0.05, 0.1) is 6.33 Å². The van der Waals surface area contributed by atoms with E-state index < -0.39 is 5.97 Å². The maximum Gasteiger partial charge on any atom is 0.303 e. The lowest BCUT2D eigenvalue weighted by Gasteiger charge is -1.97. The maximum absolute atomic E-state index is 10.2. The van der Waals surface area contributed by atoms with Crippen molar-refractivity contribution < 1.29 is 9.90 Å². The summed E-state index contributed by atoms with van der Waals surface area (Å²) in [7, 11) is 0. The largest absolute Gasteiger partial charge is 0.481 e. The Balaban J connectivity index is 2.29. The van der Waals surface area contributed by atoms with Crippen molar-refractivity contribution >= 4 is 28.6 Å². The Morgan fingerprint density at radius 1 is 1.75 bits per heavy atom. The maximum atomic E-state index is 10.2. The normalized spacial score (nSPS) is 10.1. The van der Waals surface area contributed by atoms with Gasteiger partial charge in [-0.25, -0.2) is 4.98 Å². The third-order valence-corrected chi connectivity index (χ3v) is 1.97. The molecule has 4 nitrogen and oxygen atoms in total. The molecule has 0 saturated heterocycles. The van der Waals surface area contributed by atoms with Crippen molar-refractivity contribution in [3.63, 3.8) is 0 Å². The van der Waals surface area contributed by atoms with E-state index in [1.807, 2.05) is 10.8 Å². The molecule has 1 aromatic rings. The highest BCUT2D eigenvalue weighted by Crippen LogP contribution is 2.01. The average Bonchev–Trinajstić information content (AvgIpc) is 2.35. The van der Waals surface area contributed by atoms with Crippen molar-refractivity contribution in [1.29, 1.82) is 0 Å². The molecule has 0 saturated carbocycles. The summed E-state index contributed by atoms with van der Waals surface area (Å²) in [6.45, 7) is 0.725.